The van der Waals surface area contributed by atoms with Crippen LogP contribution in [0.2, 0.25) is 0 Å². The Morgan fingerprint density at radius 3 is 1.29 bits per heavy atom. The fourth-order valence-electron chi connectivity index (χ4n) is 1.52. The molecule has 0 aromatic heterocycles. The molecule has 0 fully saturated rings. The molecule has 0 radical (unpaired) electrons. The van der Waals surface area contributed by atoms with E-state index in [0.29, 0.717) is 0 Å². The Kier molecular flexibility index (Phi) is 4.38. The van der Waals surface area contributed by atoms with Gasteiger partial charge in [-0.3, -0.25) is 0 Å². The van der Waals surface area contributed by atoms with Gasteiger partial charge in [-0.1, -0.05) is 0 Å². The van der Waals surface area contributed by atoms with Gasteiger partial charge < -0.3 is 0 Å². The maximum atomic E-state index is 5.15. The van der Waals surface area contributed by atoms with Crippen molar-refractivity contribution in [2.75, 3.05) is 14.2 Å². The molecule has 88 valence electrons. The van der Waals surface area contributed by atoms with Crippen molar-refractivity contribution in [1.82, 2.24) is 0 Å². The topological polar surface area (TPSA) is 18.5 Å². The molecule has 3 heteroatoms. The van der Waals surface area contributed by atoms with Crippen LogP contribution in [0, 0.1) is 0 Å². The first-order valence-corrected chi connectivity index (χ1v) is 9.25. The SMILES string of the molecule is COc1cc[c]([BiH][c]2ccc(OC)cc2)cc1. The number of benzene rings is 2. The first kappa shape index (κ1) is 12.4. The number of rotatable bonds is 4. The van der Waals surface area contributed by atoms with Crippen LogP contribution in [0.5, 0.6) is 11.5 Å². The number of methoxy groups -OCH3 is 2. The Bertz CT molecular complexity index is 417. The van der Waals surface area contributed by atoms with Crippen molar-refractivity contribution < 1.29 is 9.47 Å². The summed E-state index contributed by atoms with van der Waals surface area (Å²) < 4.78 is 13.2. The van der Waals surface area contributed by atoms with Crippen LogP contribution in [-0.2, 0) is 0 Å². The zero-order valence-electron chi connectivity index (χ0n) is 9.94. The summed E-state index contributed by atoms with van der Waals surface area (Å²) in [6.45, 7) is 0. The van der Waals surface area contributed by atoms with Gasteiger partial charge in [0.15, 0.2) is 0 Å². The molecule has 0 N–H and O–H groups in total. The summed E-state index contributed by atoms with van der Waals surface area (Å²) in [5.74, 6) is 1.85. The number of hydrogen-bond donors (Lipinski definition) is 0. The van der Waals surface area contributed by atoms with Crippen LogP contribution in [-0.4, -0.2) is 37.5 Å². The van der Waals surface area contributed by atoms with E-state index < -0.39 is 23.2 Å². The van der Waals surface area contributed by atoms with Crippen LogP contribution < -0.4 is 16.0 Å². The normalized spacial score (nSPS) is 10.0. The fraction of sp³-hybridized carbons (Fsp3) is 0.143. The van der Waals surface area contributed by atoms with Crippen LogP contribution >= 0.6 is 0 Å². The molecule has 2 aromatic carbocycles. The minimum absolute atomic E-state index is 0.919. The minimum atomic E-state index is -0.919. The van der Waals surface area contributed by atoms with Crippen molar-refractivity contribution in [2.45, 2.75) is 0 Å². The van der Waals surface area contributed by atoms with Gasteiger partial charge in [-0.2, -0.15) is 0 Å². The fourth-order valence-corrected chi connectivity index (χ4v) is 5.40. The van der Waals surface area contributed by atoms with E-state index in [1.165, 1.54) is 6.54 Å². The van der Waals surface area contributed by atoms with Crippen molar-refractivity contribution in [2.24, 2.45) is 0 Å². The van der Waals surface area contributed by atoms with Crippen LogP contribution in [0.1, 0.15) is 0 Å². The van der Waals surface area contributed by atoms with Crippen LogP contribution in [0.15, 0.2) is 48.5 Å². The van der Waals surface area contributed by atoms with Crippen molar-refractivity contribution in [3.05, 3.63) is 48.5 Å². The molecule has 0 aliphatic carbocycles. The predicted molar refractivity (Wildman–Crippen MR) is 72.4 cm³/mol. The molecular formula is C14H15BiO2. The molecule has 2 aromatic rings. The van der Waals surface area contributed by atoms with Gasteiger partial charge in [0.2, 0.25) is 0 Å². The molecule has 0 atom stereocenters. The molecule has 0 unspecified atom stereocenters. The van der Waals surface area contributed by atoms with E-state index in [0.717, 1.165) is 11.5 Å². The Morgan fingerprint density at radius 2 is 1.00 bits per heavy atom. The van der Waals surface area contributed by atoms with Gasteiger partial charge in [0.05, 0.1) is 0 Å². The zero-order valence-corrected chi connectivity index (χ0v) is 13.8. The van der Waals surface area contributed by atoms with E-state index in [1.807, 2.05) is 24.3 Å². The molecule has 2 nitrogen and oxygen atoms in total. The van der Waals surface area contributed by atoms with E-state index in [4.69, 9.17) is 9.47 Å². The molecule has 0 aliphatic rings. The van der Waals surface area contributed by atoms with E-state index >= 15 is 0 Å². The van der Waals surface area contributed by atoms with Crippen molar-refractivity contribution in [1.29, 1.82) is 0 Å². The van der Waals surface area contributed by atoms with E-state index in [9.17, 15) is 0 Å². The van der Waals surface area contributed by atoms with E-state index in [2.05, 4.69) is 24.3 Å². The molecule has 2 rings (SSSR count). The molecule has 0 heterocycles. The maximum absolute atomic E-state index is 5.15. The molecule has 17 heavy (non-hydrogen) atoms. The average Bonchev–Trinajstić information content (AvgIpc) is 2.40. The van der Waals surface area contributed by atoms with Crippen molar-refractivity contribution in [3.8, 4) is 11.5 Å². The summed E-state index contributed by atoms with van der Waals surface area (Å²) in [5, 5.41) is 0. The first-order valence-electron chi connectivity index (χ1n) is 5.37. The summed E-state index contributed by atoms with van der Waals surface area (Å²) >= 11 is -0.919. The third kappa shape index (κ3) is 3.44. The second-order valence-corrected chi connectivity index (χ2v) is 9.04. The van der Waals surface area contributed by atoms with Gasteiger partial charge >= 0.3 is 114 Å². The van der Waals surface area contributed by atoms with Crippen molar-refractivity contribution in [3.63, 3.8) is 0 Å². The van der Waals surface area contributed by atoms with Crippen LogP contribution in [0.3, 0.4) is 0 Å². The summed E-state index contributed by atoms with van der Waals surface area (Å²) in [7, 11) is 3.39. The molecule has 0 saturated carbocycles. The summed E-state index contributed by atoms with van der Waals surface area (Å²) in [6.07, 6.45) is 0. The number of hydrogen-bond acceptors (Lipinski definition) is 2. The van der Waals surface area contributed by atoms with E-state index in [-0.39, 0.29) is 0 Å². The monoisotopic (exact) mass is 424 g/mol. The van der Waals surface area contributed by atoms with Gasteiger partial charge in [0.1, 0.15) is 0 Å². The van der Waals surface area contributed by atoms with Crippen LogP contribution in [0.25, 0.3) is 0 Å². The Hall–Kier alpha value is -1.08. The van der Waals surface area contributed by atoms with Gasteiger partial charge in [0, 0.05) is 0 Å². The molecule has 0 saturated heterocycles. The molecule has 0 aliphatic heterocycles. The second kappa shape index (κ2) is 6.02. The first-order chi connectivity index (χ1) is 8.31. The quantitative estimate of drug-likeness (QED) is 0.685. The van der Waals surface area contributed by atoms with Crippen LogP contribution in [0.4, 0.5) is 0 Å². The van der Waals surface area contributed by atoms with Crippen molar-refractivity contribution >= 4 is 29.8 Å². The van der Waals surface area contributed by atoms with Gasteiger partial charge in [0.25, 0.3) is 0 Å². The predicted octanol–water partition coefficient (Wildman–Crippen LogP) is 1.09. The Balaban J connectivity index is 2.08. The Morgan fingerprint density at radius 1 is 0.647 bits per heavy atom. The summed E-state index contributed by atoms with van der Waals surface area (Å²) in [5.41, 5.74) is 0. The Labute approximate surface area is 113 Å². The second-order valence-electron chi connectivity index (χ2n) is 3.58. The van der Waals surface area contributed by atoms with Gasteiger partial charge in [-0.25, -0.2) is 0 Å². The van der Waals surface area contributed by atoms with Gasteiger partial charge in [-0.15, -0.1) is 0 Å². The third-order valence-corrected chi connectivity index (χ3v) is 7.30. The van der Waals surface area contributed by atoms with Gasteiger partial charge in [-0.05, 0) is 0 Å². The molecule has 0 amide bonds. The average molecular weight is 424 g/mol. The summed E-state index contributed by atoms with van der Waals surface area (Å²) in [6, 6.07) is 16.8. The molecular weight excluding hydrogens is 409 g/mol. The molecule has 0 bridgehead atoms. The summed E-state index contributed by atoms with van der Waals surface area (Å²) in [4.78, 5) is 0. The molecule has 0 spiro atoms. The van der Waals surface area contributed by atoms with E-state index in [1.54, 1.807) is 14.2 Å². The zero-order chi connectivity index (χ0) is 12.1. The number of ether oxygens (including phenoxy) is 2. The standard InChI is InChI=1S/2C7H7O.Bi.H/c2*1-8-7-5-3-2-4-6-7;;/h2*3-6H,1H3;;. The third-order valence-electron chi connectivity index (χ3n) is 2.47.